The van der Waals surface area contributed by atoms with E-state index in [4.69, 9.17) is 0 Å². The topological polar surface area (TPSA) is 119 Å². The molecule has 3 aromatic carbocycles. The van der Waals surface area contributed by atoms with Crippen molar-refractivity contribution in [1.82, 2.24) is 5.06 Å². The minimum atomic E-state index is -0.702. The standard InChI is InChI=1S/C26H29N3O5/c1-2-19(16-10-5-3-6-11-16)27-21-22(25(32)24(21)31)28-20-15-9-14-18(23(20)30)26(33)29(34)17-12-7-4-8-13-17/h3,5-6,9-11,14-15,17,19,27-28,30,34H,2,4,7-8,12-13H2,1H3. The molecule has 3 aromatic rings. The fraction of sp³-hybridized carbons (Fsp3) is 0.346. The maximum atomic E-state index is 12.9. The second-order valence-electron chi connectivity index (χ2n) is 8.69. The molecule has 178 valence electrons. The van der Waals surface area contributed by atoms with Crippen molar-refractivity contribution in [3.05, 3.63) is 80.1 Å². The Bertz CT molecular complexity index is 1230. The van der Waals surface area contributed by atoms with Crippen molar-refractivity contribution in [2.24, 2.45) is 0 Å². The van der Waals surface area contributed by atoms with E-state index in [0.29, 0.717) is 24.3 Å². The van der Waals surface area contributed by atoms with Crippen LogP contribution in [0.25, 0.3) is 0 Å². The number of hydrogen-bond acceptors (Lipinski definition) is 7. The van der Waals surface area contributed by atoms with E-state index in [1.165, 1.54) is 12.1 Å². The zero-order chi connectivity index (χ0) is 24.2. The Hall–Kier alpha value is -3.65. The number of carbonyl (C=O) groups excluding carboxylic acids is 1. The van der Waals surface area contributed by atoms with Crippen LogP contribution in [0.3, 0.4) is 0 Å². The predicted octanol–water partition coefficient (Wildman–Crippen LogP) is 4.46. The van der Waals surface area contributed by atoms with E-state index in [1.807, 2.05) is 37.3 Å². The molecule has 0 spiro atoms. The Morgan fingerprint density at radius 3 is 2.35 bits per heavy atom. The molecule has 4 N–H and O–H groups in total. The van der Waals surface area contributed by atoms with E-state index in [9.17, 15) is 24.7 Å². The van der Waals surface area contributed by atoms with Gasteiger partial charge in [0.2, 0.25) is 0 Å². The van der Waals surface area contributed by atoms with Gasteiger partial charge >= 0.3 is 0 Å². The van der Waals surface area contributed by atoms with Crippen molar-refractivity contribution in [3.63, 3.8) is 0 Å². The number of rotatable bonds is 8. The zero-order valence-electron chi connectivity index (χ0n) is 19.1. The molecule has 0 saturated heterocycles. The van der Waals surface area contributed by atoms with Crippen molar-refractivity contribution in [2.45, 2.75) is 57.5 Å². The fourth-order valence-electron chi connectivity index (χ4n) is 4.50. The molecule has 0 aliphatic heterocycles. The smallest absolute Gasteiger partial charge is 0.281 e. The predicted molar refractivity (Wildman–Crippen MR) is 131 cm³/mol. The highest BCUT2D eigenvalue weighted by Crippen LogP contribution is 2.34. The summed E-state index contributed by atoms with van der Waals surface area (Å²) in [4.78, 5) is 37.5. The average Bonchev–Trinajstić information content (AvgIpc) is 2.89. The van der Waals surface area contributed by atoms with Gasteiger partial charge in [-0.15, -0.1) is 0 Å². The Labute approximate surface area is 197 Å². The van der Waals surface area contributed by atoms with Gasteiger partial charge in [0.1, 0.15) is 11.4 Å². The number of hydrogen-bond donors (Lipinski definition) is 4. The van der Waals surface area contributed by atoms with Gasteiger partial charge in [0.15, 0.2) is 5.75 Å². The lowest BCUT2D eigenvalue weighted by Gasteiger charge is -2.29. The van der Waals surface area contributed by atoms with Crippen molar-refractivity contribution in [1.29, 1.82) is 0 Å². The summed E-state index contributed by atoms with van der Waals surface area (Å²) in [5.41, 5.74) is -0.164. The molecule has 0 radical (unpaired) electrons. The summed E-state index contributed by atoms with van der Waals surface area (Å²) in [6, 6.07) is 13.6. The van der Waals surface area contributed by atoms with Gasteiger partial charge in [-0.05, 0) is 37.0 Å². The van der Waals surface area contributed by atoms with Gasteiger partial charge < -0.3 is 15.7 Å². The van der Waals surface area contributed by atoms with Crippen LogP contribution in [-0.4, -0.2) is 27.3 Å². The normalized spacial score (nSPS) is 15.1. The number of nitrogens with one attached hydrogen (secondary N) is 2. The zero-order valence-corrected chi connectivity index (χ0v) is 19.1. The SMILES string of the molecule is CCC(Nc1c(Nc2cccc(C(=O)N(O)C3CCCCC3)c2O)c(=O)c1=O)c1ccccc1. The number of anilines is 3. The molecule has 1 atom stereocenters. The number of phenolic OH excluding ortho intramolecular Hbond substituents is 1. The summed E-state index contributed by atoms with van der Waals surface area (Å²) in [5.74, 6) is -1.09. The molecule has 0 bridgehead atoms. The van der Waals surface area contributed by atoms with Crippen LogP contribution >= 0.6 is 0 Å². The van der Waals surface area contributed by atoms with Gasteiger partial charge in [0.05, 0.1) is 23.3 Å². The maximum absolute atomic E-state index is 12.9. The number of hydroxylamine groups is 2. The second-order valence-corrected chi connectivity index (χ2v) is 8.69. The highest BCUT2D eigenvalue weighted by atomic mass is 16.5. The molecule has 1 unspecified atom stereocenters. The summed E-state index contributed by atoms with van der Waals surface area (Å²) < 4.78 is 0. The number of para-hydroxylation sites is 1. The Balaban J connectivity index is 1.56. The van der Waals surface area contributed by atoms with Gasteiger partial charge in [-0.3, -0.25) is 19.6 Å². The van der Waals surface area contributed by atoms with Crippen LogP contribution in [-0.2, 0) is 0 Å². The third-order valence-electron chi connectivity index (χ3n) is 6.49. The van der Waals surface area contributed by atoms with Crippen LogP contribution < -0.4 is 21.5 Å². The van der Waals surface area contributed by atoms with Gasteiger partial charge in [-0.1, -0.05) is 62.6 Å². The summed E-state index contributed by atoms with van der Waals surface area (Å²) in [6.07, 6.45) is 5.04. The first-order chi connectivity index (χ1) is 16.4. The lowest BCUT2D eigenvalue weighted by molar-refractivity contribution is -0.0965. The molecule has 1 amide bonds. The molecule has 8 heteroatoms. The van der Waals surface area contributed by atoms with Crippen LogP contribution in [0.2, 0.25) is 0 Å². The molecule has 4 rings (SSSR count). The molecule has 0 aromatic heterocycles. The van der Waals surface area contributed by atoms with Crippen LogP contribution in [0, 0.1) is 0 Å². The lowest BCUT2D eigenvalue weighted by atomic mass is 9.95. The summed E-state index contributed by atoms with van der Waals surface area (Å²) in [6.45, 7) is 1.97. The number of carbonyl (C=O) groups is 1. The van der Waals surface area contributed by atoms with E-state index in [2.05, 4.69) is 10.6 Å². The van der Waals surface area contributed by atoms with E-state index in [0.717, 1.165) is 24.8 Å². The van der Waals surface area contributed by atoms with Crippen LogP contribution in [0.5, 0.6) is 5.75 Å². The molecule has 1 aliphatic carbocycles. The van der Waals surface area contributed by atoms with Crippen molar-refractivity contribution in [3.8, 4) is 5.75 Å². The first-order valence-electron chi connectivity index (χ1n) is 11.7. The first kappa shape index (κ1) is 23.5. The Kier molecular flexibility index (Phi) is 6.98. The highest BCUT2D eigenvalue weighted by Gasteiger charge is 2.29. The van der Waals surface area contributed by atoms with Crippen molar-refractivity contribution in [2.75, 3.05) is 10.6 Å². The van der Waals surface area contributed by atoms with Crippen LogP contribution in [0.4, 0.5) is 17.1 Å². The summed E-state index contributed by atoms with van der Waals surface area (Å²) >= 11 is 0. The Morgan fingerprint density at radius 1 is 1.00 bits per heavy atom. The minimum absolute atomic E-state index is 0.0346. The van der Waals surface area contributed by atoms with Crippen LogP contribution in [0.15, 0.2) is 58.1 Å². The number of benzene rings is 2. The van der Waals surface area contributed by atoms with Gasteiger partial charge in [0.25, 0.3) is 16.8 Å². The van der Waals surface area contributed by atoms with Gasteiger partial charge in [0, 0.05) is 0 Å². The largest absolute Gasteiger partial charge is 0.505 e. The number of aromatic hydroxyl groups is 1. The minimum Gasteiger partial charge on any atom is -0.505 e. The maximum Gasteiger partial charge on any atom is 0.281 e. The lowest BCUT2D eigenvalue weighted by Crippen LogP contribution is -2.39. The van der Waals surface area contributed by atoms with E-state index < -0.39 is 22.5 Å². The molecule has 0 heterocycles. The molecule has 34 heavy (non-hydrogen) atoms. The highest BCUT2D eigenvalue weighted by molar-refractivity contribution is 5.98. The third-order valence-corrected chi connectivity index (χ3v) is 6.49. The Morgan fingerprint density at radius 2 is 1.68 bits per heavy atom. The summed E-state index contributed by atoms with van der Waals surface area (Å²) in [5, 5.41) is 27.9. The van der Waals surface area contributed by atoms with E-state index >= 15 is 0 Å². The summed E-state index contributed by atoms with van der Waals surface area (Å²) in [7, 11) is 0. The van der Waals surface area contributed by atoms with Gasteiger partial charge in [-0.25, -0.2) is 5.06 Å². The molecule has 1 saturated carbocycles. The van der Waals surface area contributed by atoms with Crippen molar-refractivity contribution >= 4 is 23.0 Å². The fourth-order valence-corrected chi connectivity index (χ4v) is 4.50. The number of phenols is 1. The van der Waals surface area contributed by atoms with Crippen LogP contribution in [0.1, 0.15) is 67.4 Å². The molecule has 8 nitrogen and oxygen atoms in total. The third kappa shape index (κ3) is 4.54. The quantitative estimate of drug-likeness (QED) is 0.169. The number of nitrogens with zero attached hydrogens (tertiary/aromatic N) is 1. The van der Waals surface area contributed by atoms with E-state index in [1.54, 1.807) is 6.07 Å². The average molecular weight is 464 g/mol. The molecular weight excluding hydrogens is 434 g/mol. The molecular formula is C26H29N3O5. The molecule has 1 aliphatic rings. The first-order valence-corrected chi connectivity index (χ1v) is 11.7. The van der Waals surface area contributed by atoms with Crippen molar-refractivity contribution < 1.29 is 15.1 Å². The van der Waals surface area contributed by atoms with Gasteiger partial charge in [-0.2, -0.15) is 0 Å². The molecule has 1 fully saturated rings. The monoisotopic (exact) mass is 463 g/mol. The van der Waals surface area contributed by atoms with E-state index in [-0.39, 0.29) is 34.7 Å². The second kappa shape index (κ2) is 10.1. The number of amides is 1.